The van der Waals surface area contributed by atoms with Gasteiger partial charge in [-0.15, -0.1) is 9.46 Å². The number of halogens is 2. The summed E-state index contributed by atoms with van der Waals surface area (Å²) in [7, 11) is 0.495. The van der Waals surface area contributed by atoms with Crippen molar-refractivity contribution in [3.05, 3.63) is 81.8 Å². The van der Waals surface area contributed by atoms with Crippen molar-refractivity contribution in [1.82, 2.24) is 14.5 Å². The second kappa shape index (κ2) is 14.7. The van der Waals surface area contributed by atoms with Crippen LogP contribution in [-0.2, 0) is 33.5 Å². The van der Waals surface area contributed by atoms with Crippen molar-refractivity contribution >= 4 is 39.0 Å². The Morgan fingerprint density at radius 2 is 2.02 bits per heavy atom. The smallest absolute Gasteiger partial charge is 0.289 e. The summed E-state index contributed by atoms with van der Waals surface area (Å²) in [6, 6.07) is 8.75. The van der Waals surface area contributed by atoms with E-state index in [1.807, 2.05) is 23.1 Å². The van der Waals surface area contributed by atoms with Crippen molar-refractivity contribution in [3.8, 4) is 11.6 Å². The fraction of sp³-hybridized carbons (Fsp3) is 0.500. The lowest BCUT2D eigenvalue weighted by molar-refractivity contribution is 0.0436. The Kier molecular flexibility index (Phi) is 10.3. The van der Waals surface area contributed by atoms with Gasteiger partial charge in [0.05, 0.1) is 37.2 Å². The minimum Gasteiger partial charge on any atom is -0.490 e. The Morgan fingerprint density at radius 1 is 1.21 bits per heavy atom. The van der Waals surface area contributed by atoms with Crippen LogP contribution < -0.4 is 19.1 Å². The molecular weight excluding hydrogens is 725 g/mol. The van der Waals surface area contributed by atoms with Gasteiger partial charge in [-0.05, 0) is 85.3 Å². The molecule has 2 aliphatic heterocycles. The molecule has 2 amide bonds. The predicted molar refractivity (Wildman–Crippen MR) is 198 cm³/mol. The van der Waals surface area contributed by atoms with Crippen LogP contribution in [-0.4, -0.2) is 82.8 Å². The first kappa shape index (κ1) is 37.3. The quantitative estimate of drug-likeness (QED) is 0.340. The van der Waals surface area contributed by atoms with E-state index in [1.165, 1.54) is 31.2 Å². The fourth-order valence-electron chi connectivity index (χ4n) is 8.47. The van der Waals surface area contributed by atoms with Crippen LogP contribution in [0.5, 0.6) is 11.6 Å². The SMILES string of the molecule is COc1nn(C)cc1C(=O)NS1(=O)=NC(=O)c2ccc3c(c2F)N(C[C@@H]2CC[C@H]2[C@@H](O)/C=C/[C@H](OC)[C@H](C)C1)C[C@@]1(CCCc2cc(Cl)ccc21)CO3. The number of hydrogen-bond donors (Lipinski definition) is 2. The monoisotopic (exact) mass is 769 g/mol. The third-order valence-corrected chi connectivity index (χ3v) is 13.4. The van der Waals surface area contributed by atoms with Crippen LogP contribution in [0.3, 0.4) is 0 Å². The number of anilines is 1. The van der Waals surface area contributed by atoms with Gasteiger partial charge in [0, 0.05) is 43.9 Å². The first-order valence-electron chi connectivity index (χ1n) is 17.9. The molecule has 3 heterocycles. The number of aliphatic hydroxyl groups excluding tert-OH is 1. The van der Waals surface area contributed by atoms with Gasteiger partial charge in [0.15, 0.2) is 5.82 Å². The van der Waals surface area contributed by atoms with Gasteiger partial charge < -0.3 is 24.2 Å². The third kappa shape index (κ3) is 7.18. The van der Waals surface area contributed by atoms with Gasteiger partial charge >= 0.3 is 0 Å². The maximum atomic E-state index is 17.1. The molecule has 3 aromatic rings. The van der Waals surface area contributed by atoms with Gasteiger partial charge in [-0.2, -0.15) is 0 Å². The molecule has 15 heteroatoms. The van der Waals surface area contributed by atoms with Crippen LogP contribution in [0.25, 0.3) is 0 Å². The zero-order valence-corrected chi connectivity index (χ0v) is 31.8. The maximum Gasteiger partial charge on any atom is 0.289 e. The van der Waals surface area contributed by atoms with E-state index in [0.29, 0.717) is 18.1 Å². The minimum atomic E-state index is -3.93. The molecule has 53 heavy (non-hydrogen) atoms. The highest BCUT2D eigenvalue weighted by Gasteiger charge is 2.45. The molecule has 2 bridgehead atoms. The first-order chi connectivity index (χ1) is 25.3. The number of carbonyl (C=O) groups is 2. The molecule has 2 N–H and O–H groups in total. The Balaban J connectivity index is 1.35. The fourth-order valence-corrected chi connectivity index (χ4v) is 10.5. The lowest BCUT2D eigenvalue weighted by atomic mass is 9.68. The van der Waals surface area contributed by atoms with E-state index >= 15 is 4.39 Å². The molecule has 1 saturated carbocycles. The Labute approximate surface area is 313 Å². The number of hydrogen-bond acceptors (Lipinski definition) is 9. The van der Waals surface area contributed by atoms with E-state index in [2.05, 4.69) is 14.2 Å². The van der Waals surface area contributed by atoms with Crippen LogP contribution in [0, 0.1) is 23.6 Å². The topological polar surface area (TPSA) is 145 Å². The summed E-state index contributed by atoms with van der Waals surface area (Å²) in [5.41, 5.74) is 1.44. The molecule has 1 aromatic heterocycles. The Bertz CT molecular complexity index is 2080. The molecule has 0 saturated heterocycles. The highest BCUT2D eigenvalue weighted by Crippen LogP contribution is 2.47. The molecule has 1 spiro atoms. The molecule has 2 aromatic carbocycles. The zero-order chi connectivity index (χ0) is 37.7. The van der Waals surface area contributed by atoms with Crippen molar-refractivity contribution in [1.29, 1.82) is 0 Å². The number of ether oxygens (including phenoxy) is 3. The predicted octanol–water partition coefficient (Wildman–Crippen LogP) is 5.26. The number of nitrogens with zero attached hydrogens (tertiary/aromatic N) is 4. The summed E-state index contributed by atoms with van der Waals surface area (Å²) in [5, 5.41) is 16.2. The van der Waals surface area contributed by atoms with Gasteiger partial charge in [-0.25, -0.2) is 8.60 Å². The Morgan fingerprint density at radius 3 is 2.75 bits per heavy atom. The van der Waals surface area contributed by atoms with E-state index < -0.39 is 56.7 Å². The van der Waals surface area contributed by atoms with E-state index in [4.69, 9.17) is 25.8 Å². The van der Waals surface area contributed by atoms with Gasteiger partial charge in [-0.1, -0.05) is 36.7 Å². The molecule has 1 unspecified atom stereocenters. The number of aromatic nitrogens is 2. The summed E-state index contributed by atoms with van der Waals surface area (Å²) in [6.45, 7) is 2.84. The minimum absolute atomic E-state index is 0.0140. The number of nitrogens with one attached hydrogen (secondary N) is 1. The number of fused-ring (bicyclic) bond motifs is 4. The highest BCUT2D eigenvalue weighted by molar-refractivity contribution is 7.92. The molecule has 284 valence electrons. The summed E-state index contributed by atoms with van der Waals surface area (Å²) in [6.07, 6.45) is 7.52. The van der Waals surface area contributed by atoms with E-state index in [0.717, 1.165) is 43.2 Å². The summed E-state index contributed by atoms with van der Waals surface area (Å²) >= 11 is 6.41. The molecule has 7 rings (SSSR count). The average Bonchev–Trinajstić information content (AvgIpc) is 3.41. The number of methoxy groups -OCH3 is 2. The number of amides is 2. The van der Waals surface area contributed by atoms with Crippen molar-refractivity contribution < 1.29 is 37.5 Å². The lowest BCUT2D eigenvalue weighted by Gasteiger charge is -2.45. The Hall–Kier alpha value is -3.98. The second-order valence-corrected chi connectivity index (χ2v) is 17.2. The molecule has 0 radical (unpaired) electrons. The number of carbonyl (C=O) groups excluding carboxylic acids is 2. The van der Waals surface area contributed by atoms with Crippen LogP contribution in [0.15, 0.2) is 53.0 Å². The lowest BCUT2D eigenvalue weighted by Crippen LogP contribution is -2.49. The van der Waals surface area contributed by atoms with Crippen LogP contribution in [0.4, 0.5) is 10.1 Å². The molecule has 7 atom stereocenters. The molecule has 1 fully saturated rings. The normalized spacial score (nSPS) is 30.5. The number of aliphatic hydroxyl groups is 1. The molecule has 2 aliphatic carbocycles. The van der Waals surface area contributed by atoms with Gasteiger partial charge in [-0.3, -0.25) is 19.0 Å². The average molecular weight is 770 g/mol. The largest absolute Gasteiger partial charge is 0.490 e. The summed E-state index contributed by atoms with van der Waals surface area (Å²) in [5.74, 6) is -3.49. The standard InChI is InChI=1S/C38H45ClFN5O7S/c1-22-19-53(49,43-36(48)28-18-44(2)41-37(28)51-4)42-35(47)27-10-13-32-34(33(27)40)45(17-24-7-9-26(24)30(46)12-14-31(22)50-3)20-38(21-52-32)15-5-6-23-16-25(39)8-11-29(23)38/h8,10-14,16,18,22,24,26,30-31,46H,5-7,9,15,17,19-21H2,1-4H3,(H,42,43,47,48,49)/b14-12+/t22-,24+,26-,30+,31+,38+,53?/m1/s1. The van der Waals surface area contributed by atoms with E-state index in [9.17, 15) is 18.9 Å². The molecule has 12 nitrogen and oxygen atoms in total. The van der Waals surface area contributed by atoms with E-state index in [1.54, 1.807) is 32.2 Å². The van der Waals surface area contributed by atoms with Gasteiger partial charge in [0.25, 0.3) is 11.8 Å². The van der Waals surface area contributed by atoms with Crippen molar-refractivity contribution in [3.63, 3.8) is 0 Å². The number of rotatable bonds is 4. The second-order valence-electron chi connectivity index (χ2n) is 14.8. The zero-order valence-electron chi connectivity index (χ0n) is 30.2. The summed E-state index contributed by atoms with van der Waals surface area (Å²) < 4.78 is 57.1. The van der Waals surface area contributed by atoms with Crippen LogP contribution in [0.1, 0.15) is 64.4 Å². The van der Waals surface area contributed by atoms with Crippen molar-refractivity contribution in [2.45, 2.75) is 56.7 Å². The highest BCUT2D eigenvalue weighted by atomic mass is 35.5. The van der Waals surface area contributed by atoms with Crippen molar-refractivity contribution in [2.75, 3.05) is 44.6 Å². The first-order valence-corrected chi connectivity index (χ1v) is 20.0. The molecular formula is C38H45ClFN5O7S. The van der Waals surface area contributed by atoms with Gasteiger partial charge in [0.1, 0.15) is 26.9 Å². The number of aryl methyl sites for hydroxylation is 2. The van der Waals surface area contributed by atoms with E-state index in [-0.39, 0.29) is 47.1 Å². The summed E-state index contributed by atoms with van der Waals surface area (Å²) in [4.78, 5) is 29.6. The molecule has 4 aliphatic rings. The maximum absolute atomic E-state index is 17.1. The number of benzene rings is 2. The van der Waals surface area contributed by atoms with Crippen LogP contribution in [0.2, 0.25) is 5.02 Å². The van der Waals surface area contributed by atoms with Crippen molar-refractivity contribution in [2.24, 2.45) is 29.2 Å². The van der Waals surface area contributed by atoms with Crippen LogP contribution >= 0.6 is 11.6 Å². The third-order valence-electron chi connectivity index (χ3n) is 11.3. The van der Waals surface area contributed by atoms with Gasteiger partial charge in [0.2, 0.25) is 5.88 Å².